The number of carboxylic acid groups (broad SMARTS) is 1. The molecule has 1 aromatic carbocycles. The topological polar surface area (TPSA) is 57.5 Å². The van der Waals surface area contributed by atoms with Crippen molar-refractivity contribution in [1.82, 2.24) is 0 Å². The lowest BCUT2D eigenvalue weighted by molar-refractivity contribution is -0.137. The minimum Gasteiger partial charge on any atom is -0.508 e. The molecule has 128 valence electrons. The van der Waals surface area contributed by atoms with Crippen LogP contribution < -0.4 is 0 Å². The molecule has 4 saturated carbocycles. The highest BCUT2D eigenvalue weighted by atomic mass is 16.4. The normalized spacial score (nSPS) is 30.6. The second-order valence-corrected chi connectivity index (χ2v) is 8.04. The fourth-order valence-electron chi connectivity index (χ4n) is 5.75. The highest BCUT2D eigenvalue weighted by Crippen LogP contribution is 2.58. The Hall–Kier alpha value is -1.77. The summed E-state index contributed by atoms with van der Waals surface area (Å²) in [6.07, 6.45) is 8.43. The third-order valence-electron chi connectivity index (χ3n) is 6.38. The van der Waals surface area contributed by atoms with Crippen molar-refractivity contribution in [2.75, 3.05) is 0 Å². The van der Waals surface area contributed by atoms with Gasteiger partial charge in [-0.2, -0.15) is 0 Å². The van der Waals surface area contributed by atoms with Gasteiger partial charge in [-0.1, -0.05) is 17.7 Å². The van der Waals surface area contributed by atoms with E-state index in [9.17, 15) is 9.90 Å². The van der Waals surface area contributed by atoms with Gasteiger partial charge in [-0.3, -0.25) is 4.79 Å². The predicted octanol–water partition coefficient (Wildman–Crippen LogP) is 4.86. The molecule has 0 radical (unpaired) electrons. The maximum Gasteiger partial charge on any atom is 0.303 e. The molecule has 3 heteroatoms. The van der Waals surface area contributed by atoms with Crippen LogP contribution in [-0.4, -0.2) is 16.2 Å². The summed E-state index contributed by atoms with van der Waals surface area (Å²) in [5.41, 5.74) is 4.04. The zero-order valence-corrected chi connectivity index (χ0v) is 14.1. The van der Waals surface area contributed by atoms with Crippen LogP contribution in [0.15, 0.2) is 29.8 Å². The van der Waals surface area contributed by atoms with Gasteiger partial charge in [0.05, 0.1) is 0 Å². The average Bonchev–Trinajstić information content (AvgIpc) is 2.52. The van der Waals surface area contributed by atoms with Crippen LogP contribution in [0.25, 0.3) is 5.57 Å². The summed E-state index contributed by atoms with van der Waals surface area (Å²) >= 11 is 0. The van der Waals surface area contributed by atoms with Gasteiger partial charge in [0, 0.05) is 6.42 Å². The minimum absolute atomic E-state index is 0.218. The molecule has 24 heavy (non-hydrogen) atoms. The van der Waals surface area contributed by atoms with E-state index < -0.39 is 5.97 Å². The van der Waals surface area contributed by atoms with Crippen LogP contribution in [0.1, 0.15) is 56.9 Å². The molecule has 4 aliphatic rings. The molecule has 0 spiro atoms. The van der Waals surface area contributed by atoms with Gasteiger partial charge in [-0.15, -0.1) is 0 Å². The number of phenols is 1. The van der Waals surface area contributed by atoms with Crippen molar-refractivity contribution in [3.05, 3.63) is 35.4 Å². The fourth-order valence-corrected chi connectivity index (χ4v) is 5.75. The molecule has 0 unspecified atom stereocenters. The quantitative estimate of drug-likeness (QED) is 0.812. The van der Waals surface area contributed by atoms with Gasteiger partial charge >= 0.3 is 5.97 Å². The van der Waals surface area contributed by atoms with Crippen molar-refractivity contribution in [3.63, 3.8) is 0 Å². The Balaban J connectivity index is 1.70. The smallest absolute Gasteiger partial charge is 0.303 e. The van der Waals surface area contributed by atoms with Crippen molar-refractivity contribution in [1.29, 1.82) is 0 Å². The van der Waals surface area contributed by atoms with Crippen molar-refractivity contribution in [2.24, 2.45) is 23.7 Å². The number of aromatic hydroxyl groups is 1. The van der Waals surface area contributed by atoms with Crippen LogP contribution in [0.2, 0.25) is 0 Å². The molecule has 1 aromatic rings. The third-order valence-corrected chi connectivity index (χ3v) is 6.38. The Labute approximate surface area is 143 Å². The van der Waals surface area contributed by atoms with Crippen LogP contribution in [0, 0.1) is 23.7 Å². The Morgan fingerprint density at radius 2 is 1.67 bits per heavy atom. The number of phenolic OH excluding ortho intramolecular Hbond substituents is 1. The second-order valence-electron chi connectivity index (χ2n) is 8.04. The Morgan fingerprint density at radius 1 is 1.00 bits per heavy atom. The largest absolute Gasteiger partial charge is 0.508 e. The first-order chi connectivity index (χ1) is 11.6. The molecule has 0 aromatic heterocycles. The number of benzene rings is 1. The molecule has 0 aliphatic heterocycles. The summed E-state index contributed by atoms with van der Waals surface area (Å²) in [7, 11) is 0. The first-order valence-electron chi connectivity index (χ1n) is 9.34. The summed E-state index contributed by atoms with van der Waals surface area (Å²) in [5, 5.41) is 18.9. The maximum atomic E-state index is 10.9. The van der Waals surface area contributed by atoms with E-state index in [4.69, 9.17) is 5.11 Å². The molecule has 4 aliphatic carbocycles. The van der Waals surface area contributed by atoms with Gasteiger partial charge in [0.15, 0.2) is 0 Å². The van der Waals surface area contributed by atoms with E-state index in [1.54, 1.807) is 11.6 Å². The van der Waals surface area contributed by atoms with E-state index in [2.05, 4.69) is 6.07 Å². The number of aliphatic carboxylic acids is 1. The maximum absolute atomic E-state index is 10.9. The Morgan fingerprint density at radius 3 is 2.25 bits per heavy atom. The van der Waals surface area contributed by atoms with Gasteiger partial charge in [-0.05, 0) is 91.9 Å². The zero-order chi connectivity index (χ0) is 16.7. The van der Waals surface area contributed by atoms with Gasteiger partial charge in [0.2, 0.25) is 0 Å². The number of carboxylic acids is 1. The van der Waals surface area contributed by atoms with Crippen LogP contribution in [-0.2, 0) is 4.79 Å². The van der Waals surface area contributed by atoms with E-state index in [0.29, 0.717) is 24.0 Å². The third kappa shape index (κ3) is 2.97. The number of hydrogen-bond donors (Lipinski definition) is 2. The molecule has 0 atom stereocenters. The van der Waals surface area contributed by atoms with E-state index in [-0.39, 0.29) is 6.42 Å². The number of rotatable bonds is 5. The standard InChI is InChI=1S/C21H26O3/c22-18-4-1-3-15(12-18)19(5-2-6-20(23)24)21-16-8-13-7-14(10-16)11-17(21)9-13/h1,3-4,12-14,16-17,22H,2,5-11H2,(H,23,24). The average molecular weight is 326 g/mol. The predicted molar refractivity (Wildman–Crippen MR) is 93.6 cm³/mol. The van der Waals surface area contributed by atoms with Crippen LogP contribution >= 0.6 is 0 Å². The van der Waals surface area contributed by atoms with E-state index in [1.165, 1.54) is 37.7 Å². The van der Waals surface area contributed by atoms with Crippen molar-refractivity contribution < 1.29 is 15.0 Å². The molecule has 0 amide bonds. The fraction of sp³-hybridized carbons (Fsp3) is 0.571. The first-order valence-corrected chi connectivity index (χ1v) is 9.34. The minimum atomic E-state index is -0.722. The molecule has 5 rings (SSSR count). The molecule has 2 N–H and O–H groups in total. The molecule has 3 nitrogen and oxygen atoms in total. The lowest BCUT2D eigenvalue weighted by atomic mass is 9.53. The first kappa shape index (κ1) is 15.7. The Bertz CT molecular complexity index is 643. The summed E-state index contributed by atoms with van der Waals surface area (Å²) in [6, 6.07) is 7.54. The monoisotopic (exact) mass is 326 g/mol. The van der Waals surface area contributed by atoms with E-state index >= 15 is 0 Å². The Kier molecular flexibility index (Phi) is 4.11. The van der Waals surface area contributed by atoms with Crippen LogP contribution in [0.5, 0.6) is 5.75 Å². The molecule has 4 fully saturated rings. The van der Waals surface area contributed by atoms with Crippen molar-refractivity contribution >= 4 is 11.5 Å². The van der Waals surface area contributed by atoms with Gasteiger partial charge in [0.1, 0.15) is 5.75 Å². The summed E-state index contributed by atoms with van der Waals surface area (Å²) in [5.74, 6) is 2.81. The van der Waals surface area contributed by atoms with E-state index in [0.717, 1.165) is 23.8 Å². The lowest BCUT2D eigenvalue weighted by Gasteiger charge is -2.52. The summed E-state index contributed by atoms with van der Waals surface area (Å²) in [4.78, 5) is 10.9. The molecule has 0 saturated heterocycles. The van der Waals surface area contributed by atoms with Crippen molar-refractivity contribution in [2.45, 2.75) is 51.4 Å². The van der Waals surface area contributed by atoms with Gasteiger partial charge in [-0.25, -0.2) is 0 Å². The summed E-state index contributed by atoms with van der Waals surface area (Å²) < 4.78 is 0. The number of carbonyl (C=O) groups is 1. The van der Waals surface area contributed by atoms with Gasteiger partial charge < -0.3 is 10.2 Å². The SMILES string of the molecule is O=C(O)CCCC(=C1C2CC3CC(C2)CC1C3)c1cccc(O)c1. The molecular weight excluding hydrogens is 300 g/mol. The number of allylic oxidation sites excluding steroid dienone is 2. The van der Waals surface area contributed by atoms with E-state index in [1.807, 2.05) is 12.1 Å². The van der Waals surface area contributed by atoms with Crippen LogP contribution in [0.3, 0.4) is 0 Å². The highest BCUT2D eigenvalue weighted by Gasteiger charge is 2.46. The van der Waals surface area contributed by atoms with Crippen molar-refractivity contribution in [3.8, 4) is 5.75 Å². The second kappa shape index (κ2) is 6.27. The van der Waals surface area contributed by atoms with Gasteiger partial charge in [0.25, 0.3) is 0 Å². The molecule has 4 bridgehead atoms. The summed E-state index contributed by atoms with van der Waals surface area (Å²) in [6.45, 7) is 0. The zero-order valence-electron chi connectivity index (χ0n) is 14.1. The van der Waals surface area contributed by atoms with Crippen LogP contribution in [0.4, 0.5) is 0 Å². The molecule has 0 heterocycles. The molecular formula is C21H26O3. The number of hydrogen-bond acceptors (Lipinski definition) is 2. The lowest BCUT2D eigenvalue weighted by Crippen LogP contribution is -2.40. The highest BCUT2D eigenvalue weighted by molar-refractivity contribution is 5.72.